The number of benzene rings is 18. The van der Waals surface area contributed by atoms with E-state index in [0.29, 0.717) is 154 Å². The van der Waals surface area contributed by atoms with Gasteiger partial charge in [-0.05, 0) is 143 Å². The Morgan fingerprint density at radius 3 is 0.644 bits per heavy atom. The lowest BCUT2D eigenvalue weighted by molar-refractivity contribution is 1.06. The van der Waals surface area contributed by atoms with Gasteiger partial charge in [-0.3, -0.25) is 0 Å². The van der Waals surface area contributed by atoms with Crippen LogP contribution < -0.4 is 0 Å². The van der Waals surface area contributed by atoms with E-state index in [2.05, 4.69) is 111 Å². The number of nitriles is 2. The van der Waals surface area contributed by atoms with E-state index in [-0.39, 0.29) is 11.6 Å². The maximum absolute atomic E-state index is 11.2. The molecule has 0 radical (unpaired) electrons. The zero-order valence-corrected chi connectivity index (χ0v) is 77.7. The van der Waals surface area contributed by atoms with Crippen LogP contribution in [0.2, 0.25) is 0 Å². The molecule has 25 aromatic rings. The maximum atomic E-state index is 11.2. The molecule has 0 aliphatic carbocycles. The van der Waals surface area contributed by atoms with Crippen molar-refractivity contribution in [2.24, 2.45) is 0 Å². The molecule has 0 aliphatic rings. The van der Waals surface area contributed by atoms with Gasteiger partial charge in [-0.1, -0.05) is 340 Å². The quantitative estimate of drug-likeness (QED) is 0.0643. The highest BCUT2D eigenvalue weighted by Gasteiger charge is 2.29. The van der Waals surface area contributed by atoms with Gasteiger partial charge in [0, 0.05) is 105 Å². The monoisotopic (exact) mass is 1870 g/mol. The molecule has 7 aromatic heterocycles. The predicted molar refractivity (Wildman–Crippen MR) is 576 cm³/mol. The normalized spacial score (nSPS) is 11.3. The summed E-state index contributed by atoms with van der Waals surface area (Å²) in [5.41, 5.74) is 21.4. The SMILES string of the molecule is [C-]#[N+]c1ccccc1-c1ccc(-c2nc(-c3ccc(-c4ccccc4C#N)cc3)nc(-c3ccc(-c4ccccc4C#N)cc3-n3c4ccc(-c5nc(-c6ccccc6)nc(-c6ccccc6)n5)cc4c4cc(-c5nc(-c6ccccc6)nc(-c6ccccc6)n5)ccc43)n2)c(-n2c3ccc(-c4nc(-c5ccccc5)nc(-c5ccccc5)n4)cc3c3cc(-c4nc(-c5ccccc5)nc(-c5ccccc5)n4)ccc32)c1. The van der Waals surface area contributed by atoms with Gasteiger partial charge in [0.1, 0.15) is 0 Å². The summed E-state index contributed by atoms with van der Waals surface area (Å²) >= 11 is 0. The first kappa shape index (κ1) is 86.6. The summed E-state index contributed by atoms with van der Waals surface area (Å²) in [6.07, 6.45) is 0. The molecule has 0 saturated heterocycles. The first-order valence-electron chi connectivity index (χ1n) is 47.5. The second kappa shape index (κ2) is 37.4. The first-order valence-corrected chi connectivity index (χ1v) is 47.5. The molecule has 20 nitrogen and oxygen atoms in total. The highest BCUT2D eigenvalue weighted by Crippen LogP contribution is 2.47. The molecule has 18 aromatic carbocycles. The molecule has 0 spiro atoms. The second-order valence-electron chi connectivity index (χ2n) is 35.0. The van der Waals surface area contributed by atoms with E-state index >= 15 is 0 Å². The first-order chi connectivity index (χ1) is 72.2. The third-order valence-electron chi connectivity index (χ3n) is 26.2. The smallest absolute Gasteiger partial charge is 0.194 e. The van der Waals surface area contributed by atoms with Gasteiger partial charge >= 0.3 is 0 Å². The van der Waals surface area contributed by atoms with Gasteiger partial charge in [-0.25, -0.2) is 79.6 Å². The van der Waals surface area contributed by atoms with Crippen molar-refractivity contribution in [1.82, 2.24) is 83.9 Å². The minimum absolute atomic E-state index is 0.274. The third-order valence-corrected chi connectivity index (χ3v) is 26.2. The van der Waals surface area contributed by atoms with E-state index in [4.69, 9.17) is 81.3 Å². The molecule has 0 atom stereocenters. The number of nitrogens with zero attached hydrogens (tertiary/aromatic N) is 20. The number of aromatic nitrogens is 17. The van der Waals surface area contributed by atoms with Gasteiger partial charge in [-0.2, -0.15) is 10.5 Å². The number of rotatable bonds is 20. The third kappa shape index (κ3) is 16.4. The highest BCUT2D eigenvalue weighted by molar-refractivity contribution is 6.14. The molecule has 0 unspecified atom stereocenters. The van der Waals surface area contributed by atoms with Crippen molar-refractivity contribution in [3.63, 3.8) is 0 Å². The van der Waals surface area contributed by atoms with Crippen molar-refractivity contribution in [3.8, 4) is 228 Å². The number of para-hydroxylation sites is 1. The van der Waals surface area contributed by atoms with Crippen LogP contribution in [-0.2, 0) is 0 Å². The summed E-state index contributed by atoms with van der Waals surface area (Å²) in [7, 11) is 0. The van der Waals surface area contributed by atoms with Crippen LogP contribution in [0.15, 0.2) is 449 Å². The fraction of sp³-hybridized carbons (Fsp3) is 0. The number of hydrogen-bond donors (Lipinski definition) is 0. The molecule has 146 heavy (non-hydrogen) atoms. The Morgan fingerprint density at radius 1 is 0.171 bits per heavy atom. The fourth-order valence-corrected chi connectivity index (χ4v) is 19.0. The summed E-state index contributed by atoms with van der Waals surface area (Å²) in [6, 6.07) is 153. The molecule has 0 fully saturated rings. The minimum Gasteiger partial charge on any atom is -0.308 e. The van der Waals surface area contributed by atoms with Crippen molar-refractivity contribution in [2.45, 2.75) is 0 Å². The van der Waals surface area contributed by atoms with Crippen LogP contribution in [0, 0.1) is 29.2 Å². The Morgan fingerprint density at radius 2 is 0.370 bits per heavy atom. The van der Waals surface area contributed by atoms with Gasteiger partial charge in [0.05, 0.1) is 63.3 Å². The Bertz CT molecular complexity index is 8470. The molecule has 0 aliphatic heterocycles. The van der Waals surface area contributed by atoms with Crippen LogP contribution in [0.3, 0.4) is 0 Å². The average Bonchev–Trinajstić information content (AvgIpc) is 1.57. The fourth-order valence-electron chi connectivity index (χ4n) is 19.0. The van der Waals surface area contributed by atoms with E-state index in [1.54, 1.807) is 0 Å². The Labute approximate surface area is 837 Å². The summed E-state index contributed by atoms with van der Waals surface area (Å²) < 4.78 is 4.49. The lowest BCUT2D eigenvalue weighted by atomic mass is 9.97. The number of fused-ring (bicyclic) bond motifs is 6. The van der Waals surface area contributed by atoms with Gasteiger partial charge in [0.2, 0.25) is 0 Å². The van der Waals surface area contributed by atoms with Crippen LogP contribution in [0.1, 0.15) is 11.1 Å². The van der Waals surface area contributed by atoms with Crippen LogP contribution >= 0.6 is 0 Å². The van der Waals surface area contributed by atoms with E-state index in [1.165, 1.54) is 0 Å². The number of hydrogen-bond acceptors (Lipinski definition) is 17. The van der Waals surface area contributed by atoms with Crippen LogP contribution in [0.5, 0.6) is 0 Å². The molecule has 678 valence electrons. The summed E-state index contributed by atoms with van der Waals surface area (Å²) in [5.74, 6) is 6.65. The Kier molecular flexibility index (Phi) is 22.2. The van der Waals surface area contributed by atoms with Gasteiger partial charge < -0.3 is 9.13 Å². The summed E-state index contributed by atoms with van der Waals surface area (Å²) in [5, 5.41) is 25.0. The summed E-state index contributed by atoms with van der Waals surface area (Å²) in [4.78, 5) is 84.6. The van der Waals surface area contributed by atoms with E-state index < -0.39 is 0 Å². The standard InChI is InChI=1S/C126H74N20/c1-129-105-53-31-30-52-98(105)89-59-65-100(111(75-89)146-108-68-62-92(123-138-116(83-40-18-6-19-41-83)132-117(139-123)84-42-20-7-21-43-84)72-103(108)104-73-93(63-69-109(104)146)124-140-118(85-44-22-8-23-45-85)133-119(141-124)86-46-24-9-25-47-86)126-143-120(87-56-54-78(55-57-87)96-50-28-26-48-94(96)76-127)142-125(144-126)99-64-58-88(97-51-29-27-49-95(97)77-128)74-110(99)145-106-66-60-90(121-134-112(79-32-10-2-11-33-79)130-113(135-121)80-34-12-3-13-35-80)70-101(106)102-71-91(61-67-107(102)145)122-136-114(81-36-14-4-15-37-81)131-115(137-122)82-38-16-5-17-39-82/h2-75H. The zero-order valence-electron chi connectivity index (χ0n) is 77.7. The van der Waals surface area contributed by atoms with Crippen LogP contribution in [0.25, 0.3) is 264 Å². The predicted octanol–water partition coefficient (Wildman–Crippen LogP) is 29.1. The molecule has 0 saturated carbocycles. The van der Waals surface area contributed by atoms with Gasteiger partial charge in [0.25, 0.3) is 0 Å². The van der Waals surface area contributed by atoms with Gasteiger partial charge in [-0.15, -0.1) is 0 Å². The molecular weight excluding hydrogens is 1790 g/mol. The van der Waals surface area contributed by atoms with Crippen molar-refractivity contribution >= 4 is 49.3 Å². The molecule has 0 amide bonds. The van der Waals surface area contributed by atoms with Crippen molar-refractivity contribution < 1.29 is 0 Å². The highest BCUT2D eigenvalue weighted by atomic mass is 15.1. The van der Waals surface area contributed by atoms with E-state index in [9.17, 15) is 10.5 Å². The van der Waals surface area contributed by atoms with Gasteiger partial charge in [0.15, 0.2) is 93.1 Å². The van der Waals surface area contributed by atoms with E-state index in [0.717, 1.165) is 110 Å². The maximum Gasteiger partial charge on any atom is 0.194 e. The van der Waals surface area contributed by atoms with Crippen LogP contribution in [-0.4, -0.2) is 83.9 Å². The Balaban J connectivity index is 0.759. The molecule has 0 N–H and O–H groups in total. The molecule has 20 heteroatoms. The minimum atomic E-state index is 0.274. The lowest BCUT2D eigenvalue weighted by Gasteiger charge is -2.19. The molecular formula is C126H74N20. The Hall–Kier alpha value is -20.9. The topological polar surface area (TPSA) is 255 Å². The van der Waals surface area contributed by atoms with Crippen molar-refractivity contribution in [2.75, 3.05) is 0 Å². The summed E-state index contributed by atoms with van der Waals surface area (Å²) in [6.45, 7) is 8.73. The van der Waals surface area contributed by atoms with Crippen LogP contribution in [0.4, 0.5) is 5.69 Å². The zero-order chi connectivity index (χ0) is 97.5. The largest absolute Gasteiger partial charge is 0.308 e. The van der Waals surface area contributed by atoms with E-state index in [1.807, 2.05) is 364 Å². The lowest BCUT2D eigenvalue weighted by Crippen LogP contribution is -2.06. The van der Waals surface area contributed by atoms with Crippen molar-refractivity contribution in [3.05, 3.63) is 471 Å². The molecule has 7 heterocycles. The van der Waals surface area contributed by atoms with Crippen molar-refractivity contribution in [1.29, 1.82) is 10.5 Å². The second-order valence-corrected chi connectivity index (χ2v) is 35.0. The average molecular weight is 1870 g/mol. The molecule has 0 bridgehead atoms. The molecule has 25 rings (SSSR count).